The van der Waals surface area contributed by atoms with Gasteiger partial charge in [0.15, 0.2) is 0 Å². The van der Waals surface area contributed by atoms with Crippen molar-refractivity contribution in [3.8, 4) is 0 Å². The van der Waals surface area contributed by atoms with Crippen LogP contribution in [0.25, 0.3) is 0 Å². The molecule has 5 heteroatoms. The van der Waals surface area contributed by atoms with Gasteiger partial charge in [-0.15, -0.1) is 3.33 Å². The number of nitrogens with one attached hydrogen (secondary N) is 2. The highest BCUT2D eigenvalue weighted by molar-refractivity contribution is 14.1. The van der Waals surface area contributed by atoms with Crippen molar-refractivity contribution < 1.29 is 0 Å². The van der Waals surface area contributed by atoms with E-state index in [1.165, 1.54) is 12.8 Å². The van der Waals surface area contributed by atoms with Crippen LogP contribution in [0.3, 0.4) is 0 Å². The first-order valence-corrected chi connectivity index (χ1v) is 7.02. The lowest BCUT2D eigenvalue weighted by molar-refractivity contribution is 0.113. The highest BCUT2D eigenvalue weighted by atomic mass is 127. The molecule has 0 saturated carbocycles. The molecule has 1 fully saturated rings. The fraction of sp³-hybridized carbons (Fsp3) is 1.00. The maximum Gasteiger partial charge on any atom is 0.0877 e. The third-order valence-corrected chi connectivity index (χ3v) is 4.15. The summed E-state index contributed by atoms with van der Waals surface area (Å²) in [5.74, 6) is 0.810. The van der Waals surface area contributed by atoms with Gasteiger partial charge < -0.3 is 0 Å². The number of rotatable bonds is 5. The second-order valence-corrected chi connectivity index (χ2v) is 6.59. The van der Waals surface area contributed by atoms with Crippen LogP contribution < -0.4 is 10.9 Å². The molecule has 1 saturated heterocycles. The minimum absolute atomic E-state index is 0.348. The van der Waals surface area contributed by atoms with Crippen LogP contribution in [-0.4, -0.2) is 21.7 Å². The fourth-order valence-electron chi connectivity index (χ4n) is 2.34. The molecule has 0 aliphatic carbocycles. The van der Waals surface area contributed by atoms with Gasteiger partial charge in [-0.3, -0.25) is 0 Å². The summed E-state index contributed by atoms with van der Waals surface area (Å²) in [5, 5.41) is 1.98. The molecule has 0 aromatic rings. The molecule has 1 heterocycles. The molecule has 1 rings (SSSR count). The van der Waals surface area contributed by atoms with Gasteiger partial charge in [0.05, 0.1) is 29.0 Å². The van der Waals surface area contributed by atoms with Crippen molar-refractivity contribution in [2.75, 3.05) is 7.05 Å². The van der Waals surface area contributed by atoms with E-state index in [-0.39, 0.29) is 0 Å². The van der Waals surface area contributed by atoms with Crippen molar-refractivity contribution in [2.24, 2.45) is 11.3 Å². The molecule has 0 bridgehead atoms. The Morgan fingerprint density at radius 1 is 1.38 bits per heavy atom. The average molecular weight is 340 g/mol. The molecule has 1 aliphatic heterocycles. The molecule has 4 nitrogen and oxygen atoms in total. The number of halogens is 1. The lowest BCUT2D eigenvalue weighted by Gasteiger charge is -2.30. The van der Waals surface area contributed by atoms with Gasteiger partial charge in [-0.25, -0.2) is 10.9 Å². The fourth-order valence-corrected chi connectivity index (χ4v) is 2.80. The standard InChI is InChI=1S/C11H25IN4/c1-6-9(2)7-11(3,4)8-10-13-15(5)16(12)14-10/h9-10,13-14H,6-8H2,1-5H3. The van der Waals surface area contributed by atoms with Crippen molar-refractivity contribution in [3.63, 3.8) is 0 Å². The molecular weight excluding hydrogens is 315 g/mol. The van der Waals surface area contributed by atoms with Gasteiger partial charge in [0.2, 0.25) is 0 Å². The minimum atomic E-state index is 0.348. The quantitative estimate of drug-likeness (QED) is 0.595. The summed E-state index contributed by atoms with van der Waals surface area (Å²) in [6, 6.07) is 0. The zero-order chi connectivity index (χ0) is 12.3. The van der Waals surface area contributed by atoms with E-state index in [0.717, 1.165) is 12.3 Å². The smallest absolute Gasteiger partial charge is 0.0877 e. The van der Waals surface area contributed by atoms with Crippen LogP contribution in [0.1, 0.15) is 47.0 Å². The predicted molar refractivity (Wildman–Crippen MR) is 76.2 cm³/mol. The molecule has 0 radical (unpaired) electrons. The van der Waals surface area contributed by atoms with Gasteiger partial charge in [-0.2, -0.15) is 5.12 Å². The monoisotopic (exact) mass is 340 g/mol. The summed E-state index contributed by atoms with van der Waals surface area (Å²) in [5.41, 5.74) is 7.16. The summed E-state index contributed by atoms with van der Waals surface area (Å²) in [4.78, 5) is 0. The Morgan fingerprint density at radius 3 is 2.44 bits per heavy atom. The van der Waals surface area contributed by atoms with Crippen molar-refractivity contribution in [2.45, 2.75) is 53.1 Å². The van der Waals surface area contributed by atoms with Crippen molar-refractivity contribution in [1.82, 2.24) is 19.3 Å². The summed E-state index contributed by atoms with van der Waals surface area (Å²) >= 11 is 2.24. The third-order valence-electron chi connectivity index (χ3n) is 3.22. The Kier molecular flexibility index (Phi) is 5.44. The number of hydrogen-bond acceptors (Lipinski definition) is 4. The molecule has 1 aliphatic rings. The zero-order valence-corrected chi connectivity index (χ0v) is 13.2. The molecule has 96 valence electrons. The van der Waals surface area contributed by atoms with E-state index in [1.807, 2.05) is 15.5 Å². The first-order chi connectivity index (χ1) is 7.34. The Morgan fingerprint density at radius 2 is 2.00 bits per heavy atom. The van der Waals surface area contributed by atoms with E-state index in [9.17, 15) is 0 Å². The number of hydrogen-bond donors (Lipinski definition) is 2. The van der Waals surface area contributed by atoms with Gasteiger partial charge in [-0.1, -0.05) is 34.1 Å². The first kappa shape index (κ1) is 14.6. The summed E-state index contributed by atoms with van der Waals surface area (Å²) in [6.45, 7) is 9.33. The lowest BCUT2D eigenvalue weighted by atomic mass is 9.79. The second kappa shape index (κ2) is 5.95. The molecule has 16 heavy (non-hydrogen) atoms. The molecule has 0 amide bonds. The molecule has 0 aromatic carbocycles. The Bertz CT molecular complexity index is 212. The van der Waals surface area contributed by atoms with Crippen molar-refractivity contribution >= 4 is 22.9 Å². The van der Waals surface area contributed by atoms with Crippen LogP contribution in [0.2, 0.25) is 0 Å². The molecule has 2 atom stereocenters. The highest BCUT2D eigenvalue weighted by Gasteiger charge is 2.30. The number of nitrogens with zero attached hydrogens (tertiary/aromatic N) is 2. The number of hydrazine groups is 3. The van der Waals surface area contributed by atoms with Crippen LogP contribution >= 0.6 is 22.9 Å². The molecule has 2 unspecified atom stereocenters. The summed E-state index contributed by atoms with van der Waals surface area (Å²) in [7, 11) is 2.01. The zero-order valence-electron chi connectivity index (χ0n) is 11.0. The SMILES string of the molecule is CCC(C)CC(C)(C)CC1NN(C)N(I)N1. The van der Waals surface area contributed by atoms with Crippen LogP contribution in [0.4, 0.5) is 0 Å². The van der Waals surface area contributed by atoms with Crippen LogP contribution in [-0.2, 0) is 0 Å². The normalized spacial score (nSPS) is 26.2. The van der Waals surface area contributed by atoms with E-state index < -0.39 is 0 Å². The first-order valence-electron chi connectivity index (χ1n) is 6.06. The van der Waals surface area contributed by atoms with Gasteiger partial charge >= 0.3 is 0 Å². The van der Waals surface area contributed by atoms with Crippen molar-refractivity contribution in [1.29, 1.82) is 0 Å². The van der Waals surface area contributed by atoms with Gasteiger partial charge in [0, 0.05) is 7.05 Å². The van der Waals surface area contributed by atoms with Crippen LogP contribution in [0.5, 0.6) is 0 Å². The van der Waals surface area contributed by atoms with Crippen LogP contribution in [0.15, 0.2) is 0 Å². The summed E-state index contributed by atoms with van der Waals surface area (Å²) in [6.07, 6.45) is 4.05. The highest BCUT2D eigenvalue weighted by Crippen LogP contribution is 2.32. The van der Waals surface area contributed by atoms with Gasteiger partial charge in [0.25, 0.3) is 0 Å². The molecule has 2 N–H and O–H groups in total. The Hall–Kier alpha value is 0.570. The van der Waals surface area contributed by atoms with E-state index in [4.69, 9.17) is 0 Å². The maximum atomic E-state index is 3.39. The Labute approximate surface area is 114 Å². The van der Waals surface area contributed by atoms with E-state index in [1.54, 1.807) is 0 Å². The Balaban J connectivity index is 2.41. The maximum absolute atomic E-state index is 3.39. The third kappa shape index (κ3) is 4.44. The van der Waals surface area contributed by atoms with E-state index in [2.05, 4.69) is 61.4 Å². The molecular formula is C11H25IN4. The van der Waals surface area contributed by atoms with Gasteiger partial charge in [0.1, 0.15) is 0 Å². The molecule has 0 spiro atoms. The topological polar surface area (TPSA) is 30.5 Å². The van der Waals surface area contributed by atoms with Gasteiger partial charge in [-0.05, 0) is 24.2 Å². The second-order valence-electron chi connectivity index (χ2n) is 5.68. The van der Waals surface area contributed by atoms with E-state index in [0.29, 0.717) is 11.6 Å². The summed E-state index contributed by atoms with van der Waals surface area (Å²) < 4.78 is 1.96. The molecule has 0 aromatic heterocycles. The minimum Gasteiger partial charge on any atom is -0.221 e. The van der Waals surface area contributed by atoms with Crippen molar-refractivity contribution in [3.05, 3.63) is 0 Å². The largest absolute Gasteiger partial charge is 0.221 e. The lowest BCUT2D eigenvalue weighted by Crippen LogP contribution is -2.38. The predicted octanol–water partition coefficient (Wildman–Crippen LogP) is 2.69. The van der Waals surface area contributed by atoms with E-state index >= 15 is 0 Å². The van der Waals surface area contributed by atoms with Crippen LogP contribution in [0, 0.1) is 11.3 Å². The average Bonchev–Trinajstić information content (AvgIpc) is 2.43.